The summed E-state index contributed by atoms with van der Waals surface area (Å²) in [7, 11) is -3.70. The largest absolute Gasteiger partial charge is 0.379 e. The Balaban J connectivity index is 1.47. The molecule has 2 aliphatic heterocycles. The molecule has 10 heteroatoms. The topological polar surface area (TPSA) is 96.0 Å². The molecule has 2 amide bonds. The number of anilines is 1. The van der Waals surface area contributed by atoms with E-state index in [0.717, 1.165) is 10.5 Å². The maximum Gasteiger partial charge on any atom is 0.243 e. The molecule has 0 aromatic heterocycles. The second kappa shape index (κ2) is 10.0. The van der Waals surface area contributed by atoms with Gasteiger partial charge in [0, 0.05) is 24.5 Å². The van der Waals surface area contributed by atoms with E-state index in [4.69, 9.17) is 4.74 Å². The fourth-order valence-electron chi connectivity index (χ4n) is 3.64. The number of benzene rings is 2. The summed E-state index contributed by atoms with van der Waals surface area (Å²) in [6.45, 7) is 1.60. The van der Waals surface area contributed by atoms with Crippen LogP contribution < -0.4 is 10.2 Å². The number of carbonyl (C=O) groups excluding carboxylic acids is 2. The van der Waals surface area contributed by atoms with Gasteiger partial charge in [0.05, 0.1) is 29.5 Å². The number of hydrogen-bond donors (Lipinski definition) is 1. The summed E-state index contributed by atoms with van der Waals surface area (Å²) >= 11 is 1.35. The van der Waals surface area contributed by atoms with Crippen molar-refractivity contribution in [1.82, 2.24) is 9.62 Å². The van der Waals surface area contributed by atoms with Gasteiger partial charge in [0.15, 0.2) is 0 Å². The van der Waals surface area contributed by atoms with Crippen molar-refractivity contribution in [3.8, 4) is 0 Å². The smallest absolute Gasteiger partial charge is 0.243 e. The molecule has 1 fully saturated rings. The molecule has 8 nitrogen and oxygen atoms in total. The number of thioether (sulfide) groups is 1. The van der Waals surface area contributed by atoms with E-state index in [9.17, 15) is 18.0 Å². The number of ether oxygens (including phenoxy) is 1. The minimum Gasteiger partial charge on any atom is -0.379 e. The number of hydrogen-bond acceptors (Lipinski definition) is 6. The van der Waals surface area contributed by atoms with Crippen LogP contribution in [0.25, 0.3) is 0 Å². The molecule has 0 radical (unpaired) electrons. The third-order valence-electron chi connectivity index (χ3n) is 5.36. The van der Waals surface area contributed by atoms with Gasteiger partial charge in [0.1, 0.15) is 6.54 Å². The molecule has 0 aliphatic carbocycles. The van der Waals surface area contributed by atoms with Crippen molar-refractivity contribution in [2.45, 2.75) is 16.2 Å². The summed E-state index contributed by atoms with van der Waals surface area (Å²) in [4.78, 5) is 27.4. The minimum absolute atomic E-state index is 0.114. The molecular weight excluding hydrogens is 450 g/mol. The number of nitrogens with zero attached hydrogens (tertiary/aromatic N) is 2. The van der Waals surface area contributed by atoms with Crippen molar-refractivity contribution in [2.24, 2.45) is 0 Å². The molecule has 1 saturated heterocycles. The molecule has 0 atom stereocenters. The van der Waals surface area contributed by atoms with Crippen LogP contribution in [0.5, 0.6) is 0 Å². The molecule has 2 aromatic carbocycles. The van der Waals surface area contributed by atoms with Gasteiger partial charge in [0.2, 0.25) is 21.8 Å². The lowest BCUT2D eigenvalue weighted by Gasteiger charge is -2.30. The van der Waals surface area contributed by atoms with Crippen molar-refractivity contribution in [1.29, 1.82) is 0 Å². The maximum absolute atomic E-state index is 13.0. The Kier molecular flexibility index (Phi) is 7.14. The number of amides is 2. The number of nitrogens with one attached hydrogen (secondary N) is 1. The van der Waals surface area contributed by atoms with E-state index < -0.39 is 10.0 Å². The average Bonchev–Trinajstić information content (AvgIpc) is 2.82. The molecule has 170 valence electrons. The van der Waals surface area contributed by atoms with Crippen LogP contribution in [0.15, 0.2) is 58.3 Å². The second-order valence-corrected chi connectivity index (χ2v) is 10.5. The van der Waals surface area contributed by atoms with Crippen molar-refractivity contribution >= 4 is 39.3 Å². The highest BCUT2D eigenvalue weighted by Gasteiger charge is 2.31. The number of rotatable bonds is 7. The van der Waals surface area contributed by atoms with E-state index in [-0.39, 0.29) is 29.0 Å². The molecule has 32 heavy (non-hydrogen) atoms. The van der Waals surface area contributed by atoms with Gasteiger partial charge in [0.25, 0.3) is 0 Å². The van der Waals surface area contributed by atoms with Gasteiger partial charge in [-0.15, -0.1) is 11.8 Å². The summed E-state index contributed by atoms with van der Waals surface area (Å²) < 4.78 is 32.7. The van der Waals surface area contributed by atoms with Crippen LogP contribution in [0, 0.1) is 0 Å². The van der Waals surface area contributed by atoms with Gasteiger partial charge in [-0.3, -0.25) is 9.59 Å². The summed E-state index contributed by atoms with van der Waals surface area (Å²) in [5.74, 6) is -0.296. The summed E-state index contributed by atoms with van der Waals surface area (Å²) in [6, 6.07) is 14.6. The molecule has 0 bridgehead atoms. The molecule has 0 saturated carbocycles. The highest BCUT2D eigenvalue weighted by molar-refractivity contribution is 8.00. The van der Waals surface area contributed by atoms with Crippen LogP contribution in [0.3, 0.4) is 0 Å². The Morgan fingerprint density at radius 3 is 2.59 bits per heavy atom. The van der Waals surface area contributed by atoms with Crippen LogP contribution in [0.2, 0.25) is 0 Å². The van der Waals surface area contributed by atoms with E-state index in [1.165, 1.54) is 27.0 Å². The standard InChI is InChI=1S/C22H25N3O5S2/c26-21(23-9-8-17-4-2-1-3-5-17)15-25-19-14-18(6-7-20(19)31-16-22(25)27)32(28,29)24-10-12-30-13-11-24/h1-7,14H,8-13,15-16H2,(H,23,26). The fraction of sp³-hybridized carbons (Fsp3) is 0.364. The summed E-state index contributed by atoms with van der Waals surface area (Å²) in [5.41, 5.74) is 1.57. The van der Waals surface area contributed by atoms with Gasteiger partial charge in [-0.25, -0.2) is 8.42 Å². The van der Waals surface area contributed by atoms with Crippen LogP contribution in [-0.4, -0.2) is 69.7 Å². The average molecular weight is 476 g/mol. The first-order valence-electron chi connectivity index (χ1n) is 10.4. The van der Waals surface area contributed by atoms with E-state index in [1.807, 2.05) is 30.3 Å². The molecule has 4 rings (SSSR count). The third-order valence-corrected chi connectivity index (χ3v) is 8.30. The van der Waals surface area contributed by atoms with Crippen molar-refractivity contribution in [3.63, 3.8) is 0 Å². The minimum atomic E-state index is -3.70. The van der Waals surface area contributed by atoms with Crippen LogP contribution in [0.4, 0.5) is 5.69 Å². The predicted octanol–water partition coefficient (Wildman–Crippen LogP) is 1.51. The van der Waals surface area contributed by atoms with E-state index in [0.29, 0.717) is 45.0 Å². The molecular formula is C22H25N3O5S2. The van der Waals surface area contributed by atoms with E-state index in [1.54, 1.807) is 12.1 Å². The van der Waals surface area contributed by atoms with E-state index in [2.05, 4.69) is 5.32 Å². The lowest BCUT2D eigenvalue weighted by Crippen LogP contribution is -2.44. The fourth-order valence-corrected chi connectivity index (χ4v) is 5.99. The quantitative estimate of drug-likeness (QED) is 0.652. The van der Waals surface area contributed by atoms with Gasteiger partial charge in [-0.05, 0) is 30.2 Å². The zero-order valence-corrected chi connectivity index (χ0v) is 19.2. The first kappa shape index (κ1) is 22.8. The van der Waals surface area contributed by atoms with Crippen molar-refractivity contribution < 1.29 is 22.7 Å². The number of sulfonamides is 1. The van der Waals surface area contributed by atoms with E-state index >= 15 is 0 Å². The Bertz CT molecular complexity index is 1090. The Hall–Kier alpha value is -2.40. The number of carbonyl (C=O) groups is 2. The lowest BCUT2D eigenvalue weighted by atomic mass is 10.1. The zero-order valence-electron chi connectivity index (χ0n) is 17.5. The van der Waals surface area contributed by atoms with Gasteiger partial charge < -0.3 is 15.0 Å². The Morgan fingerprint density at radius 2 is 1.84 bits per heavy atom. The lowest BCUT2D eigenvalue weighted by molar-refractivity contribution is -0.122. The molecule has 0 spiro atoms. The van der Waals surface area contributed by atoms with Crippen LogP contribution in [-0.2, 0) is 30.8 Å². The number of morpholine rings is 1. The summed E-state index contributed by atoms with van der Waals surface area (Å²) in [6.07, 6.45) is 0.689. The molecule has 1 N–H and O–H groups in total. The highest BCUT2D eigenvalue weighted by atomic mass is 32.2. The highest BCUT2D eigenvalue weighted by Crippen LogP contribution is 2.37. The van der Waals surface area contributed by atoms with Crippen molar-refractivity contribution in [3.05, 3.63) is 54.1 Å². The summed E-state index contributed by atoms with van der Waals surface area (Å²) in [5, 5.41) is 2.85. The Morgan fingerprint density at radius 1 is 1.09 bits per heavy atom. The maximum atomic E-state index is 13.0. The van der Waals surface area contributed by atoms with Gasteiger partial charge >= 0.3 is 0 Å². The van der Waals surface area contributed by atoms with Crippen LogP contribution >= 0.6 is 11.8 Å². The molecule has 2 aromatic rings. The second-order valence-electron chi connectivity index (χ2n) is 7.50. The first-order valence-corrected chi connectivity index (χ1v) is 12.8. The van der Waals surface area contributed by atoms with Gasteiger partial charge in [-0.1, -0.05) is 30.3 Å². The molecule has 2 heterocycles. The number of fused-ring (bicyclic) bond motifs is 1. The SMILES string of the molecule is O=C(CN1C(=O)CSc2ccc(S(=O)(=O)N3CCOCC3)cc21)NCCc1ccccc1. The van der Waals surface area contributed by atoms with Gasteiger partial charge in [-0.2, -0.15) is 4.31 Å². The third kappa shape index (κ3) is 5.15. The first-order chi connectivity index (χ1) is 15.4. The zero-order chi connectivity index (χ0) is 22.6. The molecule has 0 unspecified atom stereocenters. The Labute approximate surface area is 192 Å². The van der Waals surface area contributed by atoms with Crippen molar-refractivity contribution in [2.75, 3.05) is 50.0 Å². The molecule has 2 aliphatic rings. The van der Waals surface area contributed by atoms with Crippen LogP contribution in [0.1, 0.15) is 5.56 Å². The normalized spacial score (nSPS) is 17.1. The monoisotopic (exact) mass is 475 g/mol. The predicted molar refractivity (Wildman–Crippen MR) is 122 cm³/mol.